The lowest BCUT2D eigenvalue weighted by Gasteiger charge is -2.11. The fourth-order valence-electron chi connectivity index (χ4n) is 5.34. The van der Waals surface area contributed by atoms with Crippen molar-refractivity contribution in [3.63, 3.8) is 0 Å². The van der Waals surface area contributed by atoms with Crippen molar-refractivity contribution in [1.29, 1.82) is 0 Å². The molecule has 4 aromatic heterocycles. The lowest BCUT2D eigenvalue weighted by atomic mass is 10.1. The zero-order valence-corrected chi connectivity index (χ0v) is 22.4. The summed E-state index contributed by atoms with van der Waals surface area (Å²) in [6.45, 7) is 8.29. The summed E-state index contributed by atoms with van der Waals surface area (Å²) < 4.78 is 0. The maximum atomic E-state index is 4.99. The minimum absolute atomic E-state index is 0.732. The molecule has 0 radical (unpaired) electrons. The van der Waals surface area contributed by atoms with E-state index in [1.807, 2.05) is 25.4 Å². The first kappa shape index (κ1) is 24.5. The van der Waals surface area contributed by atoms with Gasteiger partial charge < -0.3 is 10.3 Å². The Hall–Kier alpha value is -3.81. The molecular weight excluding hydrogens is 488 g/mol. The molecule has 5 aromatic rings. The van der Waals surface area contributed by atoms with Crippen molar-refractivity contribution >= 4 is 40.1 Å². The zero-order valence-electron chi connectivity index (χ0n) is 21.6. The molecule has 3 N–H and O–H groups in total. The fourth-order valence-corrected chi connectivity index (χ4v) is 6.09. The van der Waals surface area contributed by atoms with Crippen LogP contribution < -0.4 is 15.9 Å². The van der Waals surface area contributed by atoms with E-state index in [0.29, 0.717) is 0 Å². The quantitative estimate of drug-likeness (QED) is 0.247. The third kappa shape index (κ3) is 4.99. The lowest BCUT2D eigenvalue weighted by Crippen LogP contribution is -2.23. The van der Waals surface area contributed by atoms with Crippen molar-refractivity contribution in [2.45, 2.75) is 39.2 Å². The smallest absolute Gasteiger partial charge is 0.159 e. The van der Waals surface area contributed by atoms with Crippen molar-refractivity contribution in [3.05, 3.63) is 82.4 Å². The van der Waals surface area contributed by atoms with E-state index in [1.54, 1.807) is 11.3 Å². The number of aromatic nitrogens is 5. The van der Waals surface area contributed by atoms with E-state index < -0.39 is 0 Å². The van der Waals surface area contributed by atoms with Crippen LogP contribution in [0.5, 0.6) is 0 Å². The fraction of sp³-hybridized carbons (Fsp3) is 0.258. The number of para-hydroxylation sites is 1. The molecule has 1 aliphatic rings. The first-order valence-electron chi connectivity index (χ1n) is 13.3. The SMILES string of the molecule is C=C(/C=c1/c(-c2nc3c(-c4cccs4)cccc3[nH]2)n[nH]/c1=C/C)c1cncc(CNCC2CCCC2)c1. The Morgan fingerprint density at radius 3 is 2.89 bits per heavy atom. The topological polar surface area (TPSA) is 82.3 Å². The minimum atomic E-state index is 0.732. The summed E-state index contributed by atoms with van der Waals surface area (Å²) in [6, 6.07) is 12.6. The molecule has 1 aliphatic carbocycles. The Morgan fingerprint density at radius 2 is 2.08 bits per heavy atom. The van der Waals surface area contributed by atoms with E-state index in [9.17, 15) is 0 Å². The van der Waals surface area contributed by atoms with Crippen LogP contribution in [-0.2, 0) is 6.54 Å². The number of nitrogens with one attached hydrogen (secondary N) is 3. The summed E-state index contributed by atoms with van der Waals surface area (Å²) in [5.41, 5.74) is 6.89. The molecular formula is C31H32N6S. The number of imidazole rings is 1. The monoisotopic (exact) mass is 520 g/mol. The normalized spacial score (nSPS) is 15.2. The van der Waals surface area contributed by atoms with Gasteiger partial charge in [0, 0.05) is 34.6 Å². The molecule has 1 saturated carbocycles. The Morgan fingerprint density at radius 1 is 1.18 bits per heavy atom. The summed E-state index contributed by atoms with van der Waals surface area (Å²) >= 11 is 1.72. The van der Waals surface area contributed by atoms with Gasteiger partial charge in [-0.15, -0.1) is 11.3 Å². The molecule has 0 atom stereocenters. The number of H-pyrrole nitrogens is 2. The van der Waals surface area contributed by atoms with Crippen LogP contribution in [0.2, 0.25) is 0 Å². The number of pyridine rings is 1. The van der Waals surface area contributed by atoms with Gasteiger partial charge in [-0.3, -0.25) is 10.1 Å². The van der Waals surface area contributed by atoms with Crippen molar-refractivity contribution in [3.8, 4) is 22.0 Å². The summed E-state index contributed by atoms with van der Waals surface area (Å²) in [5.74, 6) is 1.55. The van der Waals surface area contributed by atoms with Crippen LogP contribution in [0.15, 0.2) is 60.8 Å². The predicted octanol–water partition coefficient (Wildman–Crippen LogP) is 5.65. The van der Waals surface area contributed by atoms with Crippen LogP contribution in [0.25, 0.3) is 50.7 Å². The molecule has 0 unspecified atom stereocenters. The highest BCUT2D eigenvalue weighted by atomic mass is 32.1. The molecule has 4 heterocycles. The molecule has 0 bridgehead atoms. The molecule has 0 amide bonds. The van der Waals surface area contributed by atoms with Crippen LogP contribution in [-0.4, -0.2) is 31.7 Å². The van der Waals surface area contributed by atoms with E-state index in [4.69, 9.17) is 4.98 Å². The number of allylic oxidation sites excluding steroid dienone is 1. The second kappa shape index (κ2) is 10.9. The summed E-state index contributed by atoms with van der Waals surface area (Å²) in [7, 11) is 0. The molecule has 7 heteroatoms. The van der Waals surface area contributed by atoms with Gasteiger partial charge in [0.25, 0.3) is 0 Å². The highest BCUT2D eigenvalue weighted by Crippen LogP contribution is 2.31. The highest BCUT2D eigenvalue weighted by molar-refractivity contribution is 7.13. The summed E-state index contributed by atoms with van der Waals surface area (Å²) in [6.07, 6.45) is 13.4. The summed E-state index contributed by atoms with van der Waals surface area (Å²) in [4.78, 5) is 14.2. The predicted molar refractivity (Wildman–Crippen MR) is 158 cm³/mol. The van der Waals surface area contributed by atoms with Crippen molar-refractivity contribution in [2.75, 3.05) is 6.54 Å². The third-order valence-corrected chi connectivity index (χ3v) is 8.27. The van der Waals surface area contributed by atoms with Gasteiger partial charge in [-0.25, -0.2) is 4.98 Å². The number of thiophene rings is 1. The average Bonchev–Trinajstić information content (AvgIpc) is 3.75. The molecule has 0 saturated heterocycles. The van der Waals surface area contributed by atoms with Gasteiger partial charge in [0.05, 0.1) is 16.4 Å². The zero-order chi connectivity index (χ0) is 25.9. The number of aromatic amines is 2. The van der Waals surface area contributed by atoms with E-state index in [-0.39, 0.29) is 0 Å². The number of rotatable bonds is 8. The molecule has 192 valence electrons. The molecule has 6 nitrogen and oxygen atoms in total. The lowest BCUT2D eigenvalue weighted by molar-refractivity contribution is 0.489. The van der Waals surface area contributed by atoms with Gasteiger partial charge >= 0.3 is 0 Å². The van der Waals surface area contributed by atoms with Crippen molar-refractivity contribution in [2.24, 2.45) is 5.92 Å². The van der Waals surface area contributed by atoms with Gasteiger partial charge in [0.1, 0.15) is 5.69 Å². The third-order valence-electron chi connectivity index (χ3n) is 7.37. The Kier molecular flexibility index (Phi) is 7.03. The van der Waals surface area contributed by atoms with Crippen LogP contribution in [0.4, 0.5) is 0 Å². The first-order valence-corrected chi connectivity index (χ1v) is 14.2. The average molecular weight is 521 g/mol. The molecule has 1 fully saturated rings. The largest absolute Gasteiger partial charge is 0.337 e. The van der Waals surface area contributed by atoms with E-state index >= 15 is 0 Å². The molecule has 38 heavy (non-hydrogen) atoms. The minimum Gasteiger partial charge on any atom is -0.337 e. The summed E-state index contributed by atoms with van der Waals surface area (Å²) in [5, 5.41) is 15.4. The number of benzene rings is 1. The van der Waals surface area contributed by atoms with Gasteiger partial charge in [-0.1, -0.05) is 43.7 Å². The second-order valence-corrected chi connectivity index (χ2v) is 10.9. The first-order chi connectivity index (χ1) is 18.7. The Labute approximate surface area is 226 Å². The number of hydrogen-bond donors (Lipinski definition) is 3. The molecule has 0 aliphatic heterocycles. The molecule has 6 rings (SSSR count). The van der Waals surface area contributed by atoms with Crippen LogP contribution >= 0.6 is 11.3 Å². The molecule has 1 aromatic carbocycles. The maximum absolute atomic E-state index is 4.99. The van der Waals surface area contributed by atoms with Crippen LogP contribution in [0.3, 0.4) is 0 Å². The van der Waals surface area contributed by atoms with E-state index in [0.717, 1.165) is 68.8 Å². The van der Waals surface area contributed by atoms with Gasteiger partial charge in [0.2, 0.25) is 0 Å². The van der Waals surface area contributed by atoms with Crippen LogP contribution in [0, 0.1) is 5.92 Å². The van der Waals surface area contributed by atoms with E-state index in [1.165, 1.54) is 36.1 Å². The van der Waals surface area contributed by atoms with Crippen molar-refractivity contribution in [1.82, 2.24) is 30.5 Å². The second-order valence-electron chi connectivity index (χ2n) is 9.99. The Balaban J connectivity index is 1.31. The van der Waals surface area contributed by atoms with Crippen LogP contribution in [0.1, 0.15) is 43.7 Å². The number of hydrogen-bond acceptors (Lipinski definition) is 5. The highest BCUT2D eigenvalue weighted by Gasteiger charge is 2.15. The molecule has 0 spiro atoms. The standard InChI is InChI=1S/C31H32N6S/c1-3-26-25(14-20(2)23-15-22(18-33-19-23)17-32-16-21-8-4-5-9-21)30(37-36-26)31-34-27-11-6-10-24(29(27)35-31)28-12-7-13-38-28/h3,6-7,10-15,18-19,21,32,36H,2,4-5,8-9,16-17H2,1H3,(H,34,35)/b25-14+,26-3+. The van der Waals surface area contributed by atoms with Gasteiger partial charge in [-0.2, -0.15) is 5.10 Å². The Bertz CT molecular complexity index is 1690. The van der Waals surface area contributed by atoms with E-state index in [2.05, 4.69) is 79.9 Å². The number of nitrogens with zero attached hydrogens (tertiary/aromatic N) is 3. The van der Waals surface area contributed by atoms with Gasteiger partial charge in [0.15, 0.2) is 5.82 Å². The maximum Gasteiger partial charge on any atom is 0.159 e. The van der Waals surface area contributed by atoms with Gasteiger partial charge in [-0.05, 0) is 78.6 Å². The van der Waals surface area contributed by atoms with Crippen molar-refractivity contribution < 1.29 is 0 Å². The number of fused-ring (bicyclic) bond motifs is 1.